The molecule has 0 unspecified atom stereocenters. The molecule has 0 spiro atoms. The topological polar surface area (TPSA) is 98.0 Å². The van der Waals surface area contributed by atoms with Crippen LogP contribution in [0.3, 0.4) is 0 Å². The zero-order valence-electron chi connectivity index (χ0n) is 20.9. The summed E-state index contributed by atoms with van der Waals surface area (Å²) in [5.74, 6) is 1.23. The van der Waals surface area contributed by atoms with Gasteiger partial charge in [-0.15, -0.1) is 0 Å². The highest BCUT2D eigenvalue weighted by molar-refractivity contribution is 6.11. The number of hydrogen-bond donors (Lipinski definition) is 2. The number of aliphatic hydroxyl groups is 1. The van der Waals surface area contributed by atoms with Crippen LogP contribution in [0.15, 0.2) is 47.5 Å². The monoisotopic (exact) mass is 476 g/mol. The van der Waals surface area contributed by atoms with Gasteiger partial charge in [-0.3, -0.25) is 9.48 Å². The lowest BCUT2D eigenvalue weighted by Crippen LogP contribution is -2.30. The second kappa shape index (κ2) is 9.92. The van der Waals surface area contributed by atoms with Crippen molar-refractivity contribution in [2.45, 2.75) is 39.2 Å². The van der Waals surface area contributed by atoms with E-state index in [0.717, 1.165) is 33.8 Å². The molecule has 0 fully saturated rings. The van der Waals surface area contributed by atoms with E-state index in [1.54, 1.807) is 18.9 Å². The van der Waals surface area contributed by atoms with Crippen LogP contribution < -0.4 is 14.8 Å². The number of ether oxygens (including phenoxy) is 2. The van der Waals surface area contributed by atoms with Crippen molar-refractivity contribution in [3.8, 4) is 22.6 Å². The lowest BCUT2D eigenvalue weighted by atomic mass is 9.91. The number of methoxy groups -OCH3 is 2. The van der Waals surface area contributed by atoms with E-state index < -0.39 is 0 Å². The Kier molecular flexibility index (Phi) is 6.93. The number of para-hydroxylation sites is 1. The Morgan fingerprint density at radius 3 is 2.46 bits per heavy atom. The Bertz CT molecular complexity index is 1270. The maximum atomic E-state index is 13.1. The Morgan fingerprint density at radius 1 is 1.06 bits per heavy atom. The van der Waals surface area contributed by atoms with Crippen LogP contribution in [-0.2, 0) is 12.0 Å². The first-order valence-corrected chi connectivity index (χ1v) is 11.7. The Labute approximate surface area is 205 Å². The minimum Gasteiger partial charge on any atom is -0.496 e. The van der Waals surface area contributed by atoms with Gasteiger partial charge >= 0.3 is 0 Å². The number of nitrogens with one attached hydrogen (secondary N) is 1. The first-order valence-electron chi connectivity index (χ1n) is 11.7. The molecule has 0 saturated carbocycles. The van der Waals surface area contributed by atoms with Crippen molar-refractivity contribution in [2.24, 2.45) is 4.99 Å². The van der Waals surface area contributed by atoms with Gasteiger partial charge in [-0.05, 0) is 36.2 Å². The van der Waals surface area contributed by atoms with Gasteiger partial charge in [-0.2, -0.15) is 5.10 Å². The first-order chi connectivity index (χ1) is 16.8. The molecule has 3 aromatic rings. The van der Waals surface area contributed by atoms with E-state index in [2.05, 4.69) is 26.1 Å². The summed E-state index contributed by atoms with van der Waals surface area (Å²) in [7, 11) is 3.28. The molecular formula is C27H32N4O4. The van der Waals surface area contributed by atoms with Crippen molar-refractivity contribution in [1.29, 1.82) is 0 Å². The second-order valence-corrected chi connectivity index (χ2v) is 9.45. The summed E-state index contributed by atoms with van der Waals surface area (Å²) < 4.78 is 12.9. The molecule has 8 nitrogen and oxygen atoms in total. The number of fused-ring (bicyclic) bond motifs is 1. The highest BCUT2D eigenvalue weighted by Gasteiger charge is 2.32. The molecule has 1 aliphatic rings. The second-order valence-electron chi connectivity index (χ2n) is 9.45. The first kappa shape index (κ1) is 24.5. The maximum absolute atomic E-state index is 13.1. The van der Waals surface area contributed by atoms with Crippen LogP contribution >= 0.6 is 0 Å². The number of aryl methyl sites for hydroxylation is 1. The van der Waals surface area contributed by atoms with Gasteiger partial charge in [0.1, 0.15) is 17.2 Å². The van der Waals surface area contributed by atoms with Crippen LogP contribution in [0.5, 0.6) is 11.5 Å². The molecule has 2 heterocycles. The Balaban J connectivity index is 1.88. The summed E-state index contributed by atoms with van der Waals surface area (Å²) in [6.07, 6.45) is 0.502. The zero-order chi connectivity index (χ0) is 25.2. The number of carbonyl (C=O) groups is 1. The van der Waals surface area contributed by atoms with Gasteiger partial charge in [-0.1, -0.05) is 39.0 Å². The van der Waals surface area contributed by atoms with Crippen LogP contribution in [-0.4, -0.2) is 53.9 Å². The van der Waals surface area contributed by atoms with Crippen LogP contribution in [0.4, 0.5) is 5.69 Å². The number of rotatable bonds is 7. The predicted octanol–water partition coefficient (Wildman–Crippen LogP) is 4.11. The highest BCUT2D eigenvalue weighted by atomic mass is 16.5. The van der Waals surface area contributed by atoms with Gasteiger partial charge in [0, 0.05) is 29.7 Å². The molecule has 8 heteroatoms. The third-order valence-electron chi connectivity index (χ3n) is 5.97. The summed E-state index contributed by atoms with van der Waals surface area (Å²) >= 11 is 0. The molecular weight excluding hydrogens is 444 g/mol. The minimum absolute atomic E-state index is 0.0210. The van der Waals surface area contributed by atoms with Gasteiger partial charge in [0.25, 0.3) is 5.91 Å². The molecule has 0 atom stereocenters. The van der Waals surface area contributed by atoms with E-state index >= 15 is 0 Å². The minimum atomic E-state index is -0.323. The molecule has 35 heavy (non-hydrogen) atoms. The number of benzene rings is 2. The number of hydrogen-bond acceptors (Lipinski definition) is 6. The van der Waals surface area contributed by atoms with E-state index in [1.165, 1.54) is 0 Å². The summed E-state index contributed by atoms with van der Waals surface area (Å²) in [5, 5.41) is 17.1. The van der Waals surface area contributed by atoms with Gasteiger partial charge < -0.3 is 19.9 Å². The summed E-state index contributed by atoms with van der Waals surface area (Å²) in [4.78, 5) is 18.1. The normalized spacial score (nSPS) is 13.5. The van der Waals surface area contributed by atoms with Crippen molar-refractivity contribution in [1.82, 2.24) is 15.1 Å². The summed E-state index contributed by atoms with van der Waals surface area (Å²) in [6, 6.07) is 13.6. The van der Waals surface area contributed by atoms with Gasteiger partial charge in [0.2, 0.25) is 0 Å². The molecule has 2 aromatic carbocycles. The van der Waals surface area contributed by atoms with Crippen molar-refractivity contribution in [3.05, 3.63) is 59.4 Å². The number of nitrogens with zero attached hydrogens (tertiary/aromatic N) is 3. The number of carbonyl (C=O) groups excluding carboxylic acids is 1. The molecule has 0 saturated heterocycles. The van der Waals surface area contributed by atoms with E-state index in [9.17, 15) is 9.90 Å². The van der Waals surface area contributed by atoms with Crippen molar-refractivity contribution in [3.63, 3.8) is 0 Å². The van der Waals surface area contributed by atoms with Crippen molar-refractivity contribution < 1.29 is 19.4 Å². The SMILES string of the molecule is COc1ccccc1-c1cc(C2=Nc3c(C(C)(C)C)nn(CCCO)c3C(=O)NC2)ccc1OC. The van der Waals surface area contributed by atoms with Gasteiger partial charge in [-0.25, -0.2) is 4.99 Å². The number of amides is 1. The molecule has 0 aliphatic carbocycles. The number of aliphatic imine (C=N–C) groups is 1. The molecule has 0 radical (unpaired) electrons. The van der Waals surface area contributed by atoms with Crippen LogP contribution in [0.25, 0.3) is 11.1 Å². The number of aromatic nitrogens is 2. The fourth-order valence-electron chi connectivity index (χ4n) is 4.22. The zero-order valence-corrected chi connectivity index (χ0v) is 20.9. The molecule has 2 N–H and O–H groups in total. The predicted molar refractivity (Wildman–Crippen MR) is 136 cm³/mol. The Morgan fingerprint density at radius 2 is 1.77 bits per heavy atom. The molecule has 1 amide bonds. The van der Waals surface area contributed by atoms with Gasteiger partial charge in [0.05, 0.1) is 32.2 Å². The van der Waals surface area contributed by atoms with Crippen LogP contribution in [0, 0.1) is 0 Å². The summed E-state index contributed by atoms with van der Waals surface area (Å²) in [5.41, 5.74) is 4.79. The van der Waals surface area contributed by atoms with Crippen molar-refractivity contribution >= 4 is 17.3 Å². The fourth-order valence-corrected chi connectivity index (χ4v) is 4.22. The van der Waals surface area contributed by atoms with E-state index in [-0.39, 0.29) is 24.5 Å². The van der Waals surface area contributed by atoms with Crippen molar-refractivity contribution in [2.75, 3.05) is 27.4 Å². The largest absolute Gasteiger partial charge is 0.496 e. The number of aliphatic hydroxyl groups excluding tert-OH is 1. The third kappa shape index (κ3) is 4.79. The molecule has 1 aromatic heterocycles. The lowest BCUT2D eigenvalue weighted by Gasteiger charge is -2.17. The molecule has 4 rings (SSSR count). The smallest absolute Gasteiger partial charge is 0.272 e. The van der Waals surface area contributed by atoms with E-state index in [4.69, 9.17) is 19.6 Å². The average Bonchev–Trinajstić information content (AvgIpc) is 3.14. The quantitative estimate of drug-likeness (QED) is 0.535. The average molecular weight is 477 g/mol. The van der Waals surface area contributed by atoms with Crippen LogP contribution in [0.1, 0.15) is 48.9 Å². The molecule has 184 valence electrons. The maximum Gasteiger partial charge on any atom is 0.272 e. The fraction of sp³-hybridized carbons (Fsp3) is 0.370. The molecule has 0 bridgehead atoms. The lowest BCUT2D eigenvalue weighted by molar-refractivity contribution is 0.0949. The van der Waals surface area contributed by atoms with E-state index in [0.29, 0.717) is 30.1 Å². The van der Waals surface area contributed by atoms with E-state index in [1.807, 2.05) is 42.5 Å². The summed E-state index contributed by atoms with van der Waals surface area (Å²) in [6.45, 7) is 6.89. The molecule has 1 aliphatic heterocycles. The Hall–Kier alpha value is -3.65. The highest BCUT2D eigenvalue weighted by Crippen LogP contribution is 2.38. The van der Waals surface area contributed by atoms with Gasteiger partial charge in [0.15, 0.2) is 5.69 Å². The van der Waals surface area contributed by atoms with Crippen LogP contribution in [0.2, 0.25) is 0 Å². The standard InChI is InChI=1S/C27H32N4O4/c1-27(2,3)25-23-24(31(30-25)13-8-14-32)26(33)28-16-20(29-23)17-11-12-22(35-5)19(15-17)18-9-6-7-10-21(18)34-4/h6-7,9-12,15,32H,8,13-14,16H2,1-5H3,(H,28,33). The third-order valence-corrected chi connectivity index (χ3v) is 5.97.